The molecule has 7 heteroatoms. The largest absolute Gasteiger partial charge is 0.383 e. The van der Waals surface area contributed by atoms with Crippen LogP contribution in [0.3, 0.4) is 0 Å². The lowest BCUT2D eigenvalue weighted by Gasteiger charge is -2.07. The number of nitrogens with one attached hydrogen (secondary N) is 1. The molecule has 0 saturated carbocycles. The molecule has 6 nitrogen and oxygen atoms in total. The van der Waals surface area contributed by atoms with Gasteiger partial charge in [-0.3, -0.25) is 5.10 Å². The molecule has 19 heavy (non-hydrogen) atoms. The normalized spacial score (nSPS) is 10.6. The summed E-state index contributed by atoms with van der Waals surface area (Å²) in [5.74, 6) is 1.26. The fraction of sp³-hybridized carbons (Fsp3) is 0. The van der Waals surface area contributed by atoms with Gasteiger partial charge < -0.3 is 5.73 Å². The molecular weight excluding hydrogens is 308 g/mol. The summed E-state index contributed by atoms with van der Waals surface area (Å²) in [6.07, 6.45) is 1.40. The van der Waals surface area contributed by atoms with E-state index >= 15 is 0 Å². The van der Waals surface area contributed by atoms with Crippen LogP contribution in [0.4, 0.5) is 5.82 Å². The Bertz CT molecular complexity index is 696. The van der Waals surface area contributed by atoms with Crippen LogP contribution in [0.25, 0.3) is 22.9 Å². The predicted octanol–water partition coefficient (Wildman–Crippen LogP) is 2.27. The quantitative estimate of drug-likeness (QED) is 0.756. The molecule has 0 bridgehead atoms. The van der Waals surface area contributed by atoms with Crippen LogP contribution in [0.1, 0.15) is 0 Å². The number of nitrogen functional groups attached to an aromatic ring is 1. The zero-order chi connectivity index (χ0) is 13.2. The average Bonchev–Trinajstić information content (AvgIpc) is 2.97. The molecule has 0 fully saturated rings. The maximum Gasteiger partial charge on any atom is 0.199 e. The smallest absolute Gasteiger partial charge is 0.199 e. The van der Waals surface area contributed by atoms with Crippen molar-refractivity contribution in [2.45, 2.75) is 0 Å². The third kappa shape index (κ3) is 2.19. The number of hydrogen-bond acceptors (Lipinski definition) is 5. The molecule has 3 aromatic rings. The lowest BCUT2D eigenvalue weighted by Crippen LogP contribution is -2.01. The zero-order valence-corrected chi connectivity index (χ0v) is 11.3. The minimum absolute atomic E-state index is 0.361. The van der Waals surface area contributed by atoms with Gasteiger partial charge in [-0.25, -0.2) is 15.0 Å². The maximum absolute atomic E-state index is 5.90. The molecule has 1 aromatic carbocycles. The fourth-order valence-corrected chi connectivity index (χ4v) is 2.08. The van der Waals surface area contributed by atoms with Crippen molar-refractivity contribution in [3.05, 3.63) is 41.1 Å². The van der Waals surface area contributed by atoms with Gasteiger partial charge in [0.25, 0.3) is 0 Å². The summed E-state index contributed by atoms with van der Waals surface area (Å²) in [4.78, 5) is 12.7. The summed E-state index contributed by atoms with van der Waals surface area (Å²) in [5, 5.41) is 6.51. The van der Waals surface area contributed by atoms with Gasteiger partial charge in [-0.15, -0.1) is 0 Å². The third-order valence-electron chi connectivity index (χ3n) is 2.55. The molecule has 0 amide bonds. The number of rotatable bonds is 2. The summed E-state index contributed by atoms with van der Waals surface area (Å²) in [6, 6.07) is 9.73. The van der Waals surface area contributed by atoms with Gasteiger partial charge in [-0.2, -0.15) is 5.10 Å². The van der Waals surface area contributed by atoms with E-state index in [-0.39, 0.29) is 0 Å². The van der Waals surface area contributed by atoms with Gasteiger partial charge in [0.1, 0.15) is 12.1 Å². The van der Waals surface area contributed by atoms with Crippen LogP contribution in [0.5, 0.6) is 0 Å². The van der Waals surface area contributed by atoms with E-state index in [9.17, 15) is 0 Å². The van der Waals surface area contributed by atoms with Crippen LogP contribution in [-0.4, -0.2) is 25.1 Å². The molecule has 0 spiro atoms. The molecule has 0 radical (unpaired) electrons. The van der Waals surface area contributed by atoms with Crippen molar-refractivity contribution in [1.29, 1.82) is 0 Å². The Morgan fingerprint density at radius 3 is 2.58 bits per heavy atom. The molecule has 3 N–H and O–H groups in total. The number of benzene rings is 1. The average molecular weight is 317 g/mol. The molecule has 0 saturated heterocycles. The van der Waals surface area contributed by atoms with Crippen molar-refractivity contribution < 1.29 is 0 Å². The van der Waals surface area contributed by atoms with Crippen molar-refractivity contribution in [3.8, 4) is 22.9 Å². The first kappa shape index (κ1) is 11.8. The van der Waals surface area contributed by atoms with E-state index in [1.54, 1.807) is 0 Å². The summed E-state index contributed by atoms with van der Waals surface area (Å²) < 4.78 is 0.668. The molecule has 0 aliphatic carbocycles. The second kappa shape index (κ2) is 4.77. The predicted molar refractivity (Wildman–Crippen MR) is 75.0 cm³/mol. The lowest BCUT2D eigenvalue weighted by atomic mass is 10.1. The van der Waals surface area contributed by atoms with Crippen molar-refractivity contribution in [2.24, 2.45) is 0 Å². The molecule has 2 heterocycles. The highest BCUT2D eigenvalue weighted by Crippen LogP contribution is 2.31. The molecule has 0 aliphatic heterocycles. The van der Waals surface area contributed by atoms with E-state index in [1.807, 2.05) is 30.3 Å². The number of nitrogens with zero attached hydrogens (tertiary/aromatic N) is 4. The standard InChI is InChI=1S/C12H9BrN6/c13-8-9(7-4-2-1-3-5-7)17-12(18-10(8)14)11-15-6-16-19-11/h1-6H,(H2,14,17,18)(H,15,16,19). The Hall–Kier alpha value is -2.28. The van der Waals surface area contributed by atoms with Crippen LogP contribution < -0.4 is 5.73 Å². The highest BCUT2D eigenvalue weighted by Gasteiger charge is 2.14. The van der Waals surface area contributed by atoms with Gasteiger partial charge in [-0.05, 0) is 15.9 Å². The number of H-pyrrole nitrogens is 1. The first-order chi connectivity index (χ1) is 9.25. The fourth-order valence-electron chi connectivity index (χ4n) is 1.67. The Morgan fingerprint density at radius 1 is 1.11 bits per heavy atom. The molecule has 2 aromatic heterocycles. The van der Waals surface area contributed by atoms with Crippen LogP contribution in [-0.2, 0) is 0 Å². The van der Waals surface area contributed by atoms with E-state index in [4.69, 9.17) is 5.73 Å². The van der Waals surface area contributed by atoms with Gasteiger partial charge in [0, 0.05) is 5.56 Å². The minimum Gasteiger partial charge on any atom is -0.383 e. The number of aromatic nitrogens is 5. The molecule has 3 rings (SSSR count). The number of nitrogens with two attached hydrogens (primary N) is 1. The highest BCUT2D eigenvalue weighted by atomic mass is 79.9. The van der Waals surface area contributed by atoms with Gasteiger partial charge >= 0.3 is 0 Å². The van der Waals surface area contributed by atoms with E-state index in [0.29, 0.717) is 21.9 Å². The van der Waals surface area contributed by atoms with Crippen LogP contribution in [0.15, 0.2) is 41.1 Å². The first-order valence-corrected chi connectivity index (χ1v) is 6.29. The summed E-state index contributed by atoms with van der Waals surface area (Å²) in [5.41, 5.74) is 7.57. The van der Waals surface area contributed by atoms with Gasteiger partial charge in [0.05, 0.1) is 10.2 Å². The zero-order valence-electron chi connectivity index (χ0n) is 9.71. The van der Waals surface area contributed by atoms with Gasteiger partial charge in [-0.1, -0.05) is 30.3 Å². The summed E-state index contributed by atoms with van der Waals surface area (Å²) >= 11 is 3.42. The minimum atomic E-state index is 0.361. The molecule has 0 aliphatic rings. The molecule has 0 unspecified atom stereocenters. The number of halogens is 1. The van der Waals surface area contributed by atoms with Crippen molar-refractivity contribution in [2.75, 3.05) is 5.73 Å². The van der Waals surface area contributed by atoms with Gasteiger partial charge in [0.2, 0.25) is 0 Å². The molecular formula is C12H9BrN6. The van der Waals surface area contributed by atoms with Crippen molar-refractivity contribution >= 4 is 21.7 Å². The second-order valence-corrected chi connectivity index (χ2v) is 4.59. The first-order valence-electron chi connectivity index (χ1n) is 5.50. The van der Waals surface area contributed by atoms with Crippen molar-refractivity contribution in [3.63, 3.8) is 0 Å². The monoisotopic (exact) mass is 316 g/mol. The van der Waals surface area contributed by atoms with E-state index in [1.165, 1.54) is 6.33 Å². The van der Waals surface area contributed by atoms with Crippen LogP contribution >= 0.6 is 15.9 Å². The van der Waals surface area contributed by atoms with E-state index in [2.05, 4.69) is 41.1 Å². The van der Waals surface area contributed by atoms with Crippen molar-refractivity contribution in [1.82, 2.24) is 25.1 Å². The van der Waals surface area contributed by atoms with E-state index in [0.717, 1.165) is 11.3 Å². The number of anilines is 1. The van der Waals surface area contributed by atoms with Gasteiger partial charge in [0.15, 0.2) is 11.6 Å². The number of hydrogen-bond donors (Lipinski definition) is 2. The maximum atomic E-state index is 5.90. The Morgan fingerprint density at radius 2 is 1.89 bits per heavy atom. The van der Waals surface area contributed by atoms with Crippen LogP contribution in [0, 0.1) is 0 Å². The lowest BCUT2D eigenvalue weighted by molar-refractivity contribution is 1.06. The highest BCUT2D eigenvalue weighted by molar-refractivity contribution is 9.10. The summed E-state index contributed by atoms with van der Waals surface area (Å²) in [6.45, 7) is 0. The third-order valence-corrected chi connectivity index (χ3v) is 3.33. The molecule has 94 valence electrons. The SMILES string of the molecule is Nc1nc(-c2ncn[nH]2)nc(-c2ccccc2)c1Br. The Balaban J connectivity index is 2.20. The molecule has 0 atom stereocenters. The Kier molecular flexibility index (Phi) is 2.96. The number of aromatic amines is 1. The Labute approximate surface area is 117 Å². The summed E-state index contributed by atoms with van der Waals surface area (Å²) in [7, 11) is 0. The van der Waals surface area contributed by atoms with E-state index < -0.39 is 0 Å². The van der Waals surface area contributed by atoms with Crippen LogP contribution in [0.2, 0.25) is 0 Å². The topological polar surface area (TPSA) is 93.4 Å². The second-order valence-electron chi connectivity index (χ2n) is 3.80.